The first-order valence-corrected chi connectivity index (χ1v) is 6.41. The van der Waals surface area contributed by atoms with Crippen LogP contribution in [0.3, 0.4) is 0 Å². The number of nitrogen functional groups attached to an aromatic ring is 1. The third-order valence-electron chi connectivity index (χ3n) is 2.84. The highest BCUT2D eigenvalue weighted by Gasteiger charge is 2.08. The topological polar surface area (TPSA) is 53.1 Å². The number of halogens is 2. The van der Waals surface area contributed by atoms with Crippen molar-refractivity contribution in [1.82, 2.24) is 0 Å². The Bertz CT molecular complexity index is 611. The van der Waals surface area contributed by atoms with E-state index in [1.54, 1.807) is 18.2 Å². The van der Waals surface area contributed by atoms with Crippen molar-refractivity contribution in [3.8, 4) is 0 Å². The van der Waals surface area contributed by atoms with Crippen LogP contribution in [0.2, 0.25) is 0 Å². The molecule has 0 aliphatic carbocycles. The number of benzene rings is 2. The van der Waals surface area contributed by atoms with E-state index in [1.165, 1.54) is 12.1 Å². The van der Waals surface area contributed by atoms with E-state index in [2.05, 4.69) is 15.9 Å². The Morgan fingerprint density at radius 3 is 2.26 bits per heavy atom. The highest BCUT2D eigenvalue weighted by Crippen LogP contribution is 2.28. The molecule has 3 N–H and O–H groups in total. The second-order valence-electron chi connectivity index (χ2n) is 4.11. The summed E-state index contributed by atoms with van der Waals surface area (Å²) in [6.45, 7) is 0. The summed E-state index contributed by atoms with van der Waals surface area (Å²) in [4.78, 5) is 1.92. The lowest BCUT2D eigenvalue weighted by atomic mass is 10.1. The van der Waals surface area contributed by atoms with Crippen LogP contribution in [0.5, 0.6) is 0 Å². The van der Waals surface area contributed by atoms with Gasteiger partial charge < -0.3 is 10.6 Å². The predicted octanol–water partition coefficient (Wildman–Crippen LogP) is 3.64. The highest BCUT2D eigenvalue weighted by molar-refractivity contribution is 9.10. The molecule has 0 atom stereocenters. The molecule has 2 aromatic carbocycles. The van der Waals surface area contributed by atoms with E-state index < -0.39 is 0 Å². The van der Waals surface area contributed by atoms with Crippen molar-refractivity contribution in [3.05, 3.63) is 58.3 Å². The Morgan fingerprint density at radius 1 is 1.16 bits per heavy atom. The Labute approximate surface area is 119 Å². The number of rotatable bonds is 3. The summed E-state index contributed by atoms with van der Waals surface area (Å²) in [5.41, 5.74) is 7.91. The normalized spacial score (nSPS) is 10.3. The minimum Gasteiger partial charge on any atom is -0.384 e. The van der Waals surface area contributed by atoms with Crippen LogP contribution >= 0.6 is 15.9 Å². The summed E-state index contributed by atoms with van der Waals surface area (Å²) in [6, 6.07) is 11.8. The van der Waals surface area contributed by atoms with E-state index in [0.717, 1.165) is 15.8 Å². The molecule has 0 saturated heterocycles. The van der Waals surface area contributed by atoms with Gasteiger partial charge >= 0.3 is 0 Å². The van der Waals surface area contributed by atoms with Gasteiger partial charge in [0.15, 0.2) is 0 Å². The van der Waals surface area contributed by atoms with Crippen LogP contribution in [0.25, 0.3) is 0 Å². The van der Waals surface area contributed by atoms with Crippen molar-refractivity contribution in [3.63, 3.8) is 0 Å². The number of nitrogens with two attached hydrogens (primary N) is 1. The summed E-state index contributed by atoms with van der Waals surface area (Å²) in [6.07, 6.45) is 0. The molecule has 0 heterocycles. The van der Waals surface area contributed by atoms with Crippen molar-refractivity contribution in [2.75, 3.05) is 11.9 Å². The van der Waals surface area contributed by atoms with Gasteiger partial charge in [-0.25, -0.2) is 4.39 Å². The van der Waals surface area contributed by atoms with E-state index in [4.69, 9.17) is 11.1 Å². The molecule has 0 amide bonds. The van der Waals surface area contributed by atoms with E-state index >= 15 is 0 Å². The average molecular weight is 322 g/mol. The van der Waals surface area contributed by atoms with Gasteiger partial charge in [0.2, 0.25) is 0 Å². The maximum atomic E-state index is 12.9. The lowest BCUT2D eigenvalue weighted by molar-refractivity contribution is 0.628. The molecule has 3 nitrogen and oxygen atoms in total. The number of nitrogens with one attached hydrogen (secondary N) is 1. The molecule has 0 unspecified atom stereocenters. The molecule has 5 heteroatoms. The van der Waals surface area contributed by atoms with E-state index in [0.29, 0.717) is 5.56 Å². The van der Waals surface area contributed by atoms with Gasteiger partial charge in [0, 0.05) is 28.5 Å². The van der Waals surface area contributed by atoms with Crippen LogP contribution in [0, 0.1) is 11.2 Å². The first-order valence-electron chi connectivity index (χ1n) is 5.62. The fourth-order valence-electron chi connectivity index (χ4n) is 1.74. The van der Waals surface area contributed by atoms with Crippen molar-refractivity contribution in [2.45, 2.75) is 0 Å². The van der Waals surface area contributed by atoms with Crippen molar-refractivity contribution >= 4 is 33.1 Å². The fourth-order valence-corrected chi connectivity index (χ4v) is 2.33. The fraction of sp³-hybridized carbons (Fsp3) is 0.0714. The minimum absolute atomic E-state index is 0.0165. The smallest absolute Gasteiger partial charge is 0.123 e. The summed E-state index contributed by atoms with van der Waals surface area (Å²) >= 11 is 3.39. The van der Waals surface area contributed by atoms with Gasteiger partial charge in [-0.05, 0) is 58.4 Å². The molecule has 0 aliphatic heterocycles. The molecule has 0 bridgehead atoms. The van der Waals surface area contributed by atoms with Crippen molar-refractivity contribution < 1.29 is 4.39 Å². The molecule has 0 radical (unpaired) electrons. The van der Waals surface area contributed by atoms with Gasteiger partial charge in [0.05, 0.1) is 0 Å². The predicted molar refractivity (Wildman–Crippen MR) is 79.6 cm³/mol. The lowest BCUT2D eigenvalue weighted by Crippen LogP contribution is -2.13. The standard InChI is InChI=1S/C14H13BrFN3/c1-19(10-4-2-9(16)3-5-10)11-6-7-12(14(17)18)13(15)8-11/h2-8H,1H3,(H3,17,18). The molecular formula is C14H13BrFN3. The summed E-state index contributed by atoms with van der Waals surface area (Å²) < 4.78 is 13.7. The molecule has 2 rings (SSSR count). The van der Waals surface area contributed by atoms with Gasteiger partial charge in [-0.15, -0.1) is 0 Å². The van der Waals surface area contributed by atoms with E-state index in [9.17, 15) is 4.39 Å². The van der Waals surface area contributed by atoms with Gasteiger partial charge in [0.1, 0.15) is 11.7 Å². The summed E-state index contributed by atoms with van der Waals surface area (Å²) in [5.74, 6) is -0.242. The molecule has 98 valence electrons. The Kier molecular flexibility index (Phi) is 3.85. The molecule has 2 aromatic rings. The largest absolute Gasteiger partial charge is 0.384 e. The maximum Gasteiger partial charge on any atom is 0.123 e. The Balaban J connectivity index is 2.34. The molecule has 0 saturated carbocycles. The van der Waals surface area contributed by atoms with Gasteiger partial charge in [-0.3, -0.25) is 5.41 Å². The average Bonchev–Trinajstić information content (AvgIpc) is 2.38. The Morgan fingerprint density at radius 2 is 1.74 bits per heavy atom. The van der Waals surface area contributed by atoms with Gasteiger partial charge in [-0.2, -0.15) is 0 Å². The molecule has 0 aromatic heterocycles. The van der Waals surface area contributed by atoms with Crippen LogP contribution < -0.4 is 10.6 Å². The quantitative estimate of drug-likeness (QED) is 0.669. The van der Waals surface area contributed by atoms with E-state index in [-0.39, 0.29) is 11.7 Å². The molecule has 0 fully saturated rings. The highest BCUT2D eigenvalue weighted by atomic mass is 79.9. The van der Waals surface area contributed by atoms with Crippen LogP contribution in [0.1, 0.15) is 5.56 Å². The second kappa shape index (κ2) is 5.40. The lowest BCUT2D eigenvalue weighted by Gasteiger charge is -2.20. The van der Waals surface area contributed by atoms with Gasteiger partial charge in [-0.1, -0.05) is 0 Å². The molecule has 0 aliphatic rings. The van der Waals surface area contributed by atoms with Crippen LogP contribution in [-0.4, -0.2) is 12.9 Å². The van der Waals surface area contributed by atoms with Crippen LogP contribution in [0.15, 0.2) is 46.9 Å². The number of nitrogens with zero attached hydrogens (tertiary/aromatic N) is 1. The summed E-state index contributed by atoms with van der Waals surface area (Å²) in [5, 5.41) is 7.43. The first-order chi connectivity index (χ1) is 8.99. The van der Waals surface area contributed by atoms with Crippen molar-refractivity contribution in [1.29, 1.82) is 5.41 Å². The summed E-state index contributed by atoms with van der Waals surface area (Å²) in [7, 11) is 1.89. The zero-order valence-electron chi connectivity index (χ0n) is 10.3. The van der Waals surface area contributed by atoms with Crippen LogP contribution in [-0.2, 0) is 0 Å². The zero-order chi connectivity index (χ0) is 14.0. The number of amidine groups is 1. The number of anilines is 2. The minimum atomic E-state index is -0.259. The first kappa shape index (κ1) is 13.5. The van der Waals surface area contributed by atoms with Crippen molar-refractivity contribution in [2.24, 2.45) is 5.73 Å². The monoisotopic (exact) mass is 321 g/mol. The molecule has 19 heavy (non-hydrogen) atoms. The van der Waals surface area contributed by atoms with Crippen LogP contribution in [0.4, 0.5) is 15.8 Å². The molecule has 0 spiro atoms. The molecular weight excluding hydrogens is 309 g/mol. The Hall–Kier alpha value is -1.88. The number of hydrogen-bond acceptors (Lipinski definition) is 2. The third kappa shape index (κ3) is 2.93. The second-order valence-corrected chi connectivity index (χ2v) is 4.97. The zero-order valence-corrected chi connectivity index (χ0v) is 11.9. The maximum absolute atomic E-state index is 12.9. The van der Waals surface area contributed by atoms with Gasteiger partial charge in [0.25, 0.3) is 0 Å². The van der Waals surface area contributed by atoms with E-state index in [1.807, 2.05) is 24.1 Å². The SMILES string of the molecule is CN(c1ccc(F)cc1)c1ccc(C(=N)N)c(Br)c1. The number of hydrogen-bond donors (Lipinski definition) is 2. The third-order valence-corrected chi connectivity index (χ3v) is 3.50.